The van der Waals surface area contributed by atoms with Crippen molar-refractivity contribution >= 4 is 5.91 Å². The molecule has 0 fully saturated rings. The molecule has 96 valence electrons. The lowest BCUT2D eigenvalue weighted by Gasteiger charge is -2.08. The Morgan fingerprint density at radius 1 is 1.65 bits per heavy atom. The van der Waals surface area contributed by atoms with Crippen molar-refractivity contribution < 1.29 is 4.79 Å². The minimum Gasteiger partial charge on any atom is -0.352 e. The largest absolute Gasteiger partial charge is 0.352 e. The number of rotatable bonds is 6. The van der Waals surface area contributed by atoms with Gasteiger partial charge in [-0.3, -0.25) is 9.48 Å². The van der Waals surface area contributed by atoms with Crippen LogP contribution < -0.4 is 11.1 Å². The summed E-state index contributed by atoms with van der Waals surface area (Å²) in [4.78, 5) is 11.8. The molecule has 1 heterocycles. The Kier molecular flexibility index (Phi) is 5.15. The lowest BCUT2D eigenvalue weighted by molar-refractivity contribution is 0.0952. The molecule has 1 atom stereocenters. The quantitative estimate of drug-likeness (QED) is 0.721. The molecule has 5 nitrogen and oxygen atoms in total. The van der Waals surface area contributed by atoms with Crippen molar-refractivity contribution in [3.05, 3.63) is 17.5 Å². The zero-order chi connectivity index (χ0) is 12.8. The van der Waals surface area contributed by atoms with Crippen molar-refractivity contribution in [2.24, 2.45) is 18.7 Å². The summed E-state index contributed by atoms with van der Waals surface area (Å²) < 4.78 is 1.65. The van der Waals surface area contributed by atoms with Gasteiger partial charge < -0.3 is 11.1 Å². The van der Waals surface area contributed by atoms with Crippen molar-refractivity contribution in [2.75, 3.05) is 13.1 Å². The zero-order valence-corrected chi connectivity index (χ0v) is 10.9. The van der Waals surface area contributed by atoms with Gasteiger partial charge in [-0.05, 0) is 32.2 Å². The van der Waals surface area contributed by atoms with Crippen LogP contribution in [-0.4, -0.2) is 28.8 Å². The summed E-state index contributed by atoms with van der Waals surface area (Å²) in [5, 5.41) is 7.04. The van der Waals surface area contributed by atoms with E-state index in [1.54, 1.807) is 10.9 Å². The van der Waals surface area contributed by atoms with Crippen LogP contribution in [0.15, 0.2) is 6.20 Å². The Hall–Kier alpha value is -1.36. The molecule has 1 rings (SSSR count). The molecule has 0 aliphatic carbocycles. The Labute approximate surface area is 102 Å². The van der Waals surface area contributed by atoms with Gasteiger partial charge in [-0.2, -0.15) is 5.10 Å². The van der Waals surface area contributed by atoms with Crippen LogP contribution in [0, 0.1) is 12.8 Å². The second-order valence-corrected chi connectivity index (χ2v) is 4.54. The topological polar surface area (TPSA) is 72.9 Å². The average Bonchev–Trinajstić information content (AvgIpc) is 2.63. The Morgan fingerprint density at radius 3 is 2.88 bits per heavy atom. The first-order valence-corrected chi connectivity index (χ1v) is 6.03. The van der Waals surface area contributed by atoms with Crippen LogP contribution in [0.1, 0.15) is 35.8 Å². The Bertz CT molecular complexity index is 373. The van der Waals surface area contributed by atoms with Crippen molar-refractivity contribution in [3.8, 4) is 0 Å². The van der Waals surface area contributed by atoms with Gasteiger partial charge in [0.05, 0.1) is 11.3 Å². The van der Waals surface area contributed by atoms with Crippen LogP contribution in [0.4, 0.5) is 0 Å². The average molecular weight is 238 g/mol. The molecule has 0 aliphatic rings. The number of aromatic nitrogens is 2. The monoisotopic (exact) mass is 238 g/mol. The Morgan fingerprint density at radius 2 is 2.35 bits per heavy atom. The van der Waals surface area contributed by atoms with Gasteiger partial charge in [0, 0.05) is 19.8 Å². The van der Waals surface area contributed by atoms with Crippen LogP contribution in [0.5, 0.6) is 0 Å². The van der Waals surface area contributed by atoms with Gasteiger partial charge in [-0.1, -0.05) is 6.92 Å². The number of carbonyl (C=O) groups excluding carboxylic acids is 1. The molecule has 0 saturated carbocycles. The van der Waals surface area contributed by atoms with E-state index in [0.717, 1.165) is 18.5 Å². The number of carbonyl (C=O) groups is 1. The van der Waals surface area contributed by atoms with Gasteiger partial charge in [0.15, 0.2) is 0 Å². The Balaban J connectivity index is 2.33. The highest BCUT2D eigenvalue weighted by molar-refractivity contribution is 5.94. The molecule has 0 aliphatic heterocycles. The maximum absolute atomic E-state index is 11.8. The summed E-state index contributed by atoms with van der Waals surface area (Å²) in [6.45, 7) is 5.35. The van der Waals surface area contributed by atoms with Crippen molar-refractivity contribution in [3.63, 3.8) is 0 Å². The standard InChI is InChI=1S/C12H22N4O/c1-9(7-13)5-4-6-14-12(17)11-8-16(3)15-10(11)2/h8-9H,4-7,13H2,1-3H3,(H,14,17). The molecule has 3 N–H and O–H groups in total. The number of nitrogens with one attached hydrogen (secondary N) is 1. The number of aryl methyl sites for hydroxylation is 2. The second kappa shape index (κ2) is 6.39. The highest BCUT2D eigenvalue weighted by Crippen LogP contribution is 2.05. The fraction of sp³-hybridized carbons (Fsp3) is 0.667. The van der Waals surface area contributed by atoms with E-state index in [1.165, 1.54) is 0 Å². The van der Waals surface area contributed by atoms with Crippen molar-refractivity contribution in [2.45, 2.75) is 26.7 Å². The van der Waals surface area contributed by atoms with E-state index in [0.29, 0.717) is 24.6 Å². The van der Waals surface area contributed by atoms with Crippen LogP contribution in [0.2, 0.25) is 0 Å². The molecule has 0 spiro atoms. The van der Waals surface area contributed by atoms with Gasteiger partial charge in [-0.25, -0.2) is 0 Å². The van der Waals surface area contributed by atoms with Crippen molar-refractivity contribution in [1.82, 2.24) is 15.1 Å². The predicted molar refractivity (Wildman–Crippen MR) is 67.7 cm³/mol. The minimum atomic E-state index is -0.0454. The van der Waals surface area contributed by atoms with Crippen LogP contribution in [-0.2, 0) is 7.05 Å². The molecule has 0 saturated heterocycles. The van der Waals surface area contributed by atoms with E-state index in [9.17, 15) is 4.79 Å². The molecule has 1 aromatic heterocycles. The third kappa shape index (κ3) is 4.19. The molecule has 1 aromatic rings. The second-order valence-electron chi connectivity index (χ2n) is 4.54. The van der Waals surface area contributed by atoms with Gasteiger partial charge in [0.2, 0.25) is 0 Å². The first kappa shape index (κ1) is 13.7. The third-order valence-corrected chi connectivity index (χ3v) is 2.82. The molecule has 0 bridgehead atoms. The van der Waals surface area contributed by atoms with Crippen LogP contribution in [0.25, 0.3) is 0 Å². The van der Waals surface area contributed by atoms with E-state index < -0.39 is 0 Å². The maximum Gasteiger partial charge on any atom is 0.254 e. The smallest absolute Gasteiger partial charge is 0.254 e. The molecule has 17 heavy (non-hydrogen) atoms. The maximum atomic E-state index is 11.8. The number of hydrogen-bond acceptors (Lipinski definition) is 3. The summed E-state index contributed by atoms with van der Waals surface area (Å²) in [5.74, 6) is 0.475. The minimum absolute atomic E-state index is 0.0454. The number of nitrogens with zero attached hydrogens (tertiary/aromatic N) is 2. The summed E-state index contributed by atoms with van der Waals surface area (Å²) in [5.41, 5.74) is 6.95. The zero-order valence-electron chi connectivity index (χ0n) is 10.9. The normalized spacial score (nSPS) is 12.5. The lowest BCUT2D eigenvalue weighted by atomic mass is 10.1. The van der Waals surface area contributed by atoms with E-state index in [2.05, 4.69) is 17.3 Å². The predicted octanol–water partition coefficient (Wildman–Crippen LogP) is 0.833. The van der Waals surface area contributed by atoms with E-state index in [4.69, 9.17) is 5.73 Å². The molecule has 1 unspecified atom stereocenters. The summed E-state index contributed by atoms with van der Waals surface area (Å²) >= 11 is 0. The first-order chi connectivity index (χ1) is 8.04. The van der Waals surface area contributed by atoms with Gasteiger partial charge >= 0.3 is 0 Å². The van der Waals surface area contributed by atoms with Crippen LogP contribution in [0.3, 0.4) is 0 Å². The molecule has 0 radical (unpaired) electrons. The van der Waals surface area contributed by atoms with Gasteiger partial charge in [0.25, 0.3) is 5.91 Å². The number of nitrogens with two attached hydrogens (primary N) is 1. The highest BCUT2D eigenvalue weighted by atomic mass is 16.1. The van der Waals surface area contributed by atoms with Gasteiger partial charge in [0.1, 0.15) is 0 Å². The lowest BCUT2D eigenvalue weighted by Crippen LogP contribution is -2.25. The summed E-state index contributed by atoms with van der Waals surface area (Å²) in [7, 11) is 1.81. The fourth-order valence-electron chi connectivity index (χ4n) is 1.69. The molecule has 0 aromatic carbocycles. The van der Waals surface area contributed by atoms with E-state index in [-0.39, 0.29) is 5.91 Å². The molecular formula is C12H22N4O. The number of amides is 1. The fourth-order valence-corrected chi connectivity index (χ4v) is 1.69. The van der Waals surface area contributed by atoms with Gasteiger partial charge in [-0.15, -0.1) is 0 Å². The van der Waals surface area contributed by atoms with Crippen molar-refractivity contribution in [1.29, 1.82) is 0 Å². The molecule has 1 amide bonds. The van der Waals surface area contributed by atoms with E-state index >= 15 is 0 Å². The first-order valence-electron chi connectivity index (χ1n) is 6.03. The van der Waals surface area contributed by atoms with E-state index in [1.807, 2.05) is 14.0 Å². The molecule has 5 heteroatoms. The third-order valence-electron chi connectivity index (χ3n) is 2.82. The molecular weight excluding hydrogens is 216 g/mol. The highest BCUT2D eigenvalue weighted by Gasteiger charge is 2.11. The van der Waals surface area contributed by atoms with Crippen LogP contribution >= 0.6 is 0 Å². The number of hydrogen-bond donors (Lipinski definition) is 2. The SMILES string of the molecule is Cc1nn(C)cc1C(=O)NCCCC(C)CN. The summed E-state index contributed by atoms with van der Waals surface area (Å²) in [6, 6.07) is 0. The summed E-state index contributed by atoms with van der Waals surface area (Å²) in [6.07, 6.45) is 3.75.